The van der Waals surface area contributed by atoms with Crippen molar-refractivity contribution in [1.82, 2.24) is 9.78 Å². The minimum absolute atomic E-state index is 0.157. The van der Waals surface area contributed by atoms with Gasteiger partial charge >= 0.3 is 5.97 Å². The summed E-state index contributed by atoms with van der Waals surface area (Å²) in [5, 5.41) is 14.8. The average Bonchev–Trinajstić information content (AvgIpc) is 3.16. The summed E-state index contributed by atoms with van der Waals surface area (Å²) < 4.78 is 7.02. The van der Waals surface area contributed by atoms with E-state index in [2.05, 4.69) is 0 Å². The van der Waals surface area contributed by atoms with Crippen molar-refractivity contribution in [2.24, 2.45) is 0 Å². The second kappa shape index (κ2) is 7.64. The monoisotopic (exact) mass is 384 g/mol. The lowest BCUT2D eigenvalue weighted by Crippen LogP contribution is -2.03. The van der Waals surface area contributed by atoms with Crippen LogP contribution in [-0.2, 0) is 0 Å². The number of benzene rings is 3. The fourth-order valence-corrected chi connectivity index (χ4v) is 3.33. The molecule has 4 rings (SSSR count). The van der Waals surface area contributed by atoms with Gasteiger partial charge in [-0.05, 0) is 31.2 Å². The highest BCUT2D eigenvalue weighted by Gasteiger charge is 2.26. The van der Waals surface area contributed by atoms with Crippen LogP contribution in [0.15, 0.2) is 78.9 Å². The molecule has 0 unspecified atom stereocenters. The summed E-state index contributed by atoms with van der Waals surface area (Å²) in [4.78, 5) is 12.4. The van der Waals surface area contributed by atoms with Gasteiger partial charge in [-0.15, -0.1) is 0 Å². The van der Waals surface area contributed by atoms with Crippen LogP contribution >= 0.6 is 0 Å². The van der Waals surface area contributed by atoms with Gasteiger partial charge in [0.1, 0.15) is 17.0 Å². The van der Waals surface area contributed by atoms with Gasteiger partial charge in [0, 0.05) is 11.1 Å². The molecule has 0 amide bonds. The number of rotatable bonds is 5. The number of ether oxygens (including phenoxy) is 1. The van der Waals surface area contributed by atoms with Crippen LogP contribution in [0.5, 0.6) is 5.75 Å². The lowest BCUT2D eigenvalue weighted by molar-refractivity contribution is 0.0698. The summed E-state index contributed by atoms with van der Waals surface area (Å²) >= 11 is 0. The number of carboxylic acid groups (broad SMARTS) is 1. The van der Waals surface area contributed by atoms with Crippen molar-refractivity contribution < 1.29 is 14.6 Å². The van der Waals surface area contributed by atoms with E-state index in [0.717, 1.165) is 16.8 Å². The van der Waals surface area contributed by atoms with Gasteiger partial charge in [-0.1, -0.05) is 60.2 Å². The van der Waals surface area contributed by atoms with E-state index in [-0.39, 0.29) is 5.56 Å². The van der Waals surface area contributed by atoms with Gasteiger partial charge in [-0.2, -0.15) is 5.10 Å². The second-order valence-electron chi connectivity index (χ2n) is 6.72. The van der Waals surface area contributed by atoms with Crippen molar-refractivity contribution in [1.29, 1.82) is 0 Å². The zero-order valence-corrected chi connectivity index (χ0v) is 16.2. The van der Waals surface area contributed by atoms with E-state index in [4.69, 9.17) is 9.84 Å². The number of carbonyl (C=O) groups is 1. The lowest BCUT2D eigenvalue weighted by Gasteiger charge is -2.09. The minimum Gasteiger partial charge on any atom is -0.497 e. The maximum atomic E-state index is 12.4. The number of aryl methyl sites for hydroxylation is 1. The van der Waals surface area contributed by atoms with E-state index in [0.29, 0.717) is 22.7 Å². The highest BCUT2D eigenvalue weighted by Crippen LogP contribution is 2.35. The highest BCUT2D eigenvalue weighted by atomic mass is 16.5. The topological polar surface area (TPSA) is 64.4 Å². The number of aromatic nitrogens is 2. The van der Waals surface area contributed by atoms with Crippen LogP contribution in [0.3, 0.4) is 0 Å². The molecule has 1 heterocycles. The molecule has 0 saturated heterocycles. The summed E-state index contributed by atoms with van der Waals surface area (Å²) in [5.41, 5.74) is 4.48. The molecule has 0 aliphatic rings. The smallest absolute Gasteiger partial charge is 0.340 e. The van der Waals surface area contributed by atoms with E-state index in [1.165, 1.54) is 0 Å². The predicted molar refractivity (Wildman–Crippen MR) is 113 cm³/mol. The molecule has 144 valence electrons. The molecule has 0 aliphatic carbocycles. The molecule has 5 heteroatoms. The Morgan fingerprint density at radius 3 is 2.28 bits per heavy atom. The van der Waals surface area contributed by atoms with Crippen molar-refractivity contribution in [3.8, 4) is 34.0 Å². The molecule has 0 atom stereocenters. The highest BCUT2D eigenvalue weighted by molar-refractivity contribution is 6.02. The minimum atomic E-state index is -1.03. The van der Waals surface area contributed by atoms with Gasteiger partial charge in [0.25, 0.3) is 0 Å². The molecule has 3 aromatic carbocycles. The zero-order chi connectivity index (χ0) is 20.4. The predicted octanol–water partition coefficient (Wildman–Crippen LogP) is 5.22. The Kier molecular flexibility index (Phi) is 4.87. The molecule has 0 bridgehead atoms. The maximum absolute atomic E-state index is 12.4. The van der Waals surface area contributed by atoms with Crippen LogP contribution in [0.2, 0.25) is 0 Å². The molecule has 4 aromatic rings. The van der Waals surface area contributed by atoms with Crippen molar-refractivity contribution in [2.45, 2.75) is 6.92 Å². The first kappa shape index (κ1) is 18.5. The first-order chi connectivity index (χ1) is 14.1. The Balaban J connectivity index is 2.04. The Labute approximate surface area is 168 Å². The van der Waals surface area contributed by atoms with Crippen LogP contribution in [0, 0.1) is 6.92 Å². The van der Waals surface area contributed by atoms with Crippen molar-refractivity contribution in [2.75, 3.05) is 7.11 Å². The molecule has 0 fully saturated rings. The van der Waals surface area contributed by atoms with Gasteiger partial charge in [0.2, 0.25) is 0 Å². The summed E-state index contributed by atoms with van der Waals surface area (Å²) in [7, 11) is 1.58. The molecule has 0 radical (unpaired) electrons. The Hall–Kier alpha value is -3.86. The largest absolute Gasteiger partial charge is 0.497 e. The number of nitrogens with zero attached hydrogens (tertiary/aromatic N) is 2. The summed E-state index contributed by atoms with van der Waals surface area (Å²) in [6, 6.07) is 24.6. The summed E-state index contributed by atoms with van der Waals surface area (Å²) in [6.45, 7) is 2.01. The molecule has 29 heavy (non-hydrogen) atoms. The summed E-state index contributed by atoms with van der Waals surface area (Å²) in [5.74, 6) is -0.384. The SMILES string of the molecule is COc1cccc(-c2nn(-c3ccc(C)cc3)c(-c3ccccc3)c2C(=O)O)c1. The van der Waals surface area contributed by atoms with Gasteiger partial charge in [-0.25, -0.2) is 9.48 Å². The molecule has 1 N–H and O–H groups in total. The van der Waals surface area contributed by atoms with Crippen LogP contribution in [0.1, 0.15) is 15.9 Å². The van der Waals surface area contributed by atoms with E-state index >= 15 is 0 Å². The fourth-order valence-electron chi connectivity index (χ4n) is 3.33. The van der Waals surface area contributed by atoms with Gasteiger partial charge in [0.15, 0.2) is 0 Å². The first-order valence-electron chi connectivity index (χ1n) is 9.21. The van der Waals surface area contributed by atoms with E-state index < -0.39 is 5.97 Å². The average molecular weight is 384 g/mol. The van der Waals surface area contributed by atoms with Crippen molar-refractivity contribution in [3.63, 3.8) is 0 Å². The molecule has 0 spiro atoms. The number of carboxylic acids is 1. The molecular formula is C24H20N2O3. The molecular weight excluding hydrogens is 364 g/mol. The van der Waals surface area contributed by atoms with Crippen molar-refractivity contribution in [3.05, 3.63) is 90.0 Å². The fraction of sp³-hybridized carbons (Fsp3) is 0.0833. The van der Waals surface area contributed by atoms with Gasteiger partial charge in [-0.3, -0.25) is 0 Å². The van der Waals surface area contributed by atoms with Gasteiger partial charge in [0.05, 0.1) is 18.5 Å². The van der Waals surface area contributed by atoms with E-state index in [9.17, 15) is 9.90 Å². The molecule has 1 aromatic heterocycles. The molecule has 5 nitrogen and oxygen atoms in total. The summed E-state index contributed by atoms with van der Waals surface area (Å²) in [6.07, 6.45) is 0. The van der Waals surface area contributed by atoms with Crippen LogP contribution in [0.4, 0.5) is 0 Å². The van der Waals surface area contributed by atoms with Crippen LogP contribution in [-0.4, -0.2) is 28.0 Å². The van der Waals surface area contributed by atoms with Gasteiger partial charge < -0.3 is 9.84 Å². The number of methoxy groups -OCH3 is 1. The Bertz CT molecular complexity index is 1160. The molecule has 0 saturated carbocycles. The standard InChI is InChI=1S/C24H20N2O3/c1-16-11-13-19(14-12-16)26-23(17-7-4-3-5-8-17)21(24(27)28)22(25-26)18-9-6-10-20(15-18)29-2/h3-15H,1-2H3,(H,27,28). The number of hydrogen-bond donors (Lipinski definition) is 1. The first-order valence-corrected chi connectivity index (χ1v) is 9.21. The van der Waals surface area contributed by atoms with Crippen molar-refractivity contribution >= 4 is 5.97 Å². The van der Waals surface area contributed by atoms with E-state index in [1.807, 2.05) is 79.7 Å². The number of hydrogen-bond acceptors (Lipinski definition) is 3. The van der Waals surface area contributed by atoms with Crippen LogP contribution < -0.4 is 4.74 Å². The lowest BCUT2D eigenvalue weighted by atomic mass is 10.0. The van der Waals surface area contributed by atoms with E-state index in [1.54, 1.807) is 17.9 Å². The zero-order valence-electron chi connectivity index (χ0n) is 16.2. The quantitative estimate of drug-likeness (QED) is 0.512. The number of aromatic carboxylic acids is 1. The van der Waals surface area contributed by atoms with Crippen LogP contribution in [0.25, 0.3) is 28.2 Å². The normalized spacial score (nSPS) is 10.7. The Morgan fingerprint density at radius 2 is 1.62 bits per heavy atom. The third-order valence-electron chi connectivity index (χ3n) is 4.77. The third kappa shape index (κ3) is 3.50. The molecule has 0 aliphatic heterocycles. The maximum Gasteiger partial charge on any atom is 0.340 e. The third-order valence-corrected chi connectivity index (χ3v) is 4.77. The Morgan fingerprint density at radius 1 is 0.931 bits per heavy atom. The second-order valence-corrected chi connectivity index (χ2v) is 6.72.